The minimum absolute atomic E-state index is 0.00825. The molecule has 9 heteroatoms. The number of aromatic nitrogens is 3. The van der Waals surface area contributed by atoms with Crippen LogP contribution in [-0.2, 0) is 17.9 Å². The topological polar surface area (TPSA) is 98.1 Å². The summed E-state index contributed by atoms with van der Waals surface area (Å²) in [6.45, 7) is 10.3. The molecule has 0 saturated carbocycles. The average Bonchev–Trinajstić information content (AvgIpc) is 3.15. The number of anilines is 1. The fourth-order valence-electron chi connectivity index (χ4n) is 3.10. The van der Waals surface area contributed by atoms with Crippen molar-refractivity contribution in [3.8, 4) is 5.75 Å². The van der Waals surface area contributed by atoms with E-state index in [1.807, 2.05) is 67.8 Å². The number of ether oxygens (including phenoxy) is 1. The van der Waals surface area contributed by atoms with Gasteiger partial charge in [0.2, 0.25) is 5.91 Å². The van der Waals surface area contributed by atoms with Gasteiger partial charge in [-0.05, 0) is 50.1 Å². The maximum atomic E-state index is 12.3. The van der Waals surface area contributed by atoms with E-state index >= 15 is 0 Å². The minimum Gasteiger partial charge on any atom is -0.486 e. The van der Waals surface area contributed by atoms with Crippen LogP contribution in [-0.4, -0.2) is 32.5 Å². The lowest BCUT2D eigenvalue weighted by molar-refractivity contribution is -0.117. The van der Waals surface area contributed by atoms with Crippen molar-refractivity contribution in [3.63, 3.8) is 0 Å². The lowest BCUT2D eigenvalue weighted by Gasteiger charge is -2.10. The van der Waals surface area contributed by atoms with E-state index < -0.39 is 11.9 Å². The van der Waals surface area contributed by atoms with Crippen LogP contribution in [0.25, 0.3) is 0 Å². The zero-order valence-electron chi connectivity index (χ0n) is 18.9. The maximum Gasteiger partial charge on any atom is 0.325 e. The van der Waals surface area contributed by atoms with Gasteiger partial charge in [-0.3, -0.25) is 14.7 Å². The lowest BCUT2D eigenvalue weighted by Crippen LogP contribution is -2.35. The molecule has 2 aromatic carbocycles. The number of imide groups is 1. The zero-order chi connectivity index (χ0) is 23.8. The number of aryl methyl sites for hydroxylation is 3. The van der Waals surface area contributed by atoms with Crippen LogP contribution in [0.4, 0.5) is 10.5 Å². The Morgan fingerprint density at radius 2 is 1.91 bits per heavy atom. The Bertz CT molecular complexity index is 1160. The summed E-state index contributed by atoms with van der Waals surface area (Å²) in [5, 5.41) is 13.9. The molecule has 0 bridgehead atoms. The quantitative estimate of drug-likeness (QED) is 0.359. The number of nitrogens with zero attached hydrogens (tertiary/aromatic N) is 3. The standard InChI is InChI=1S/C24H27N5O3S/c1-5-11-29-21(14-32-19-8-6-7-16(2)13-19)27-28-24(29)33-15-22(30)26-23(31)25-20-10-9-17(3)12-18(20)4/h5-10,12-13H,1,11,14-15H2,2-4H3,(H2,25,26,30,31). The van der Waals surface area contributed by atoms with Gasteiger partial charge < -0.3 is 10.1 Å². The molecule has 1 aromatic heterocycles. The third-order valence-corrected chi connectivity index (χ3v) is 5.64. The molecule has 33 heavy (non-hydrogen) atoms. The highest BCUT2D eigenvalue weighted by Gasteiger charge is 2.15. The molecule has 8 nitrogen and oxygen atoms in total. The molecular formula is C24H27N5O3S. The second-order valence-corrected chi connectivity index (χ2v) is 8.46. The van der Waals surface area contributed by atoms with Gasteiger partial charge in [0.25, 0.3) is 0 Å². The molecule has 0 radical (unpaired) electrons. The molecule has 0 saturated heterocycles. The monoisotopic (exact) mass is 465 g/mol. The second-order valence-electron chi connectivity index (χ2n) is 7.51. The Labute approximate surface area is 197 Å². The molecule has 0 spiro atoms. The first-order valence-electron chi connectivity index (χ1n) is 10.4. The first-order valence-corrected chi connectivity index (χ1v) is 11.4. The van der Waals surface area contributed by atoms with Crippen LogP contribution < -0.4 is 15.4 Å². The van der Waals surface area contributed by atoms with Crippen molar-refractivity contribution in [1.82, 2.24) is 20.1 Å². The fourth-order valence-corrected chi connectivity index (χ4v) is 3.86. The van der Waals surface area contributed by atoms with E-state index in [4.69, 9.17) is 4.74 Å². The minimum atomic E-state index is -0.577. The first-order chi connectivity index (χ1) is 15.9. The molecular weight excluding hydrogens is 438 g/mol. The largest absolute Gasteiger partial charge is 0.486 e. The van der Waals surface area contributed by atoms with Crippen molar-refractivity contribution >= 4 is 29.4 Å². The van der Waals surface area contributed by atoms with Crippen molar-refractivity contribution in [3.05, 3.63) is 77.6 Å². The number of carbonyl (C=O) groups excluding carboxylic acids is 2. The molecule has 3 aromatic rings. The van der Waals surface area contributed by atoms with Crippen LogP contribution in [0.15, 0.2) is 60.3 Å². The summed E-state index contributed by atoms with van der Waals surface area (Å²) < 4.78 is 7.66. The molecule has 0 aliphatic rings. The Hall–Kier alpha value is -3.59. The van der Waals surface area contributed by atoms with Gasteiger partial charge in [-0.2, -0.15) is 0 Å². The van der Waals surface area contributed by atoms with Crippen molar-refractivity contribution in [2.45, 2.75) is 39.1 Å². The van der Waals surface area contributed by atoms with Crippen molar-refractivity contribution < 1.29 is 14.3 Å². The number of thioether (sulfide) groups is 1. The Morgan fingerprint density at radius 1 is 1.12 bits per heavy atom. The summed E-state index contributed by atoms with van der Waals surface area (Å²) in [6, 6.07) is 12.8. The van der Waals surface area contributed by atoms with Gasteiger partial charge in [0.1, 0.15) is 12.4 Å². The van der Waals surface area contributed by atoms with Crippen molar-refractivity contribution in [2.24, 2.45) is 0 Å². The number of urea groups is 1. The Balaban J connectivity index is 1.55. The van der Waals surface area contributed by atoms with Gasteiger partial charge in [-0.25, -0.2) is 4.79 Å². The number of hydrogen-bond acceptors (Lipinski definition) is 6. The maximum absolute atomic E-state index is 12.3. The van der Waals surface area contributed by atoms with Crippen LogP contribution in [0.2, 0.25) is 0 Å². The summed E-state index contributed by atoms with van der Waals surface area (Å²) in [5.74, 6) is 0.931. The number of amides is 3. The van der Waals surface area contributed by atoms with Gasteiger partial charge in [0.15, 0.2) is 11.0 Å². The Kier molecular flexibility index (Phi) is 8.26. The van der Waals surface area contributed by atoms with Crippen LogP contribution in [0.5, 0.6) is 5.75 Å². The van der Waals surface area contributed by atoms with Gasteiger partial charge in [0.05, 0.1) is 5.75 Å². The molecule has 0 unspecified atom stereocenters. The van der Waals surface area contributed by atoms with E-state index in [2.05, 4.69) is 27.4 Å². The van der Waals surface area contributed by atoms with E-state index in [1.54, 1.807) is 6.08 Å². The van der Waals surface area contributed by atoms with Crippen molar-refractivity contribution in [2.75, 3.05) is 11.1 Å². The van der Waals surface area contributed by atoms with E-state index in [9.17, 15) is 9.59 Å². The number of carbonyl (C=O) groups is 2. The smallest absolute Gasteiger partial charge is 0.325 e. The molecule has 0 atom stereocenters. The molecule has 0 fully saturated rings. The normalized spacial score (nSPS) is 10.5. The summed E-state index contributed by atoms with van der Waals surface area (Å²) in [7, 11) is 0. The highest BCUT2D eigenvalue weighted by Crippen LogP contribution is 2.20. The zero-order valence-corrected chi connectivity index (χ0v) is 19.7. The average molecular weight is 466 g/mol. The first kappa shape index (κ1) is 24.1. The summed E-state index contributed by atoms with van der Waals surface area (Å²) in [6.07, 6.45) is 1.72. The number of nitrogens with one attached hydrogen (secondary N) is 2. The van der Waals surface area contributed by atoms with E-state index in [0.717, 1.165) is 22.4 Å². The van der Waals surface area contributed by atoms with Gasteiger partial charge >= 0.3 is 6.03 Å². The summed E-state index contributed by atoms with van der Waals surface area (Å²) >= 11 is 1.19. The third-order valence-electron chi connectivity index (χ3n) is 4.68. The van der Waals surface area contributed by atoms with E-state index in [0.29, 0.717) is 23.2 Å². The number of benzene rings is 2. The molecule has 172 valence electrons. The molecule has 0 aliphatic carbocycles. The Morgan fingerprint density at radius 3 is 2.64 bits per heavy atom. The predicted molar refractivity (Wildman–Crippen MR) is 130 cm³/mol. The lowest BCUT2D eigenvalue weighted by atomic mass is 10.1. The van der Waals surface area contributed by atoms with Gasteiger partial charge in [-0.1, -0.05) is 47.7 Å². The highest BCUT2D eigenvalue weighted by molar-refractivity contribution is 7.99. The van der Waals surface area contributed by atoms with Crippen LogP contribution in [0.3, 0.4) is 0 Å². The highest BCUT2D eigenvalue weighted by atomic mass is 32.2. The second kappa shape index (κ2) is 11.3. The van der Waals surface area contributed by atoms with Crippen LogP contribution >= 0.6 is 11.8 Å². The van der Waals surface area contributed by atoms with Crippen LogP contribution in [0, 0.1) is 20.8 Å². The molecule has 1 heterocycles. The van der Waals surface area contributed by atoms with E-state index in [1.165, 1.54) is 11.8 Å². The predicted octanol–water partition coefficient (Wildman–Crippen LogP) is 4.41. The third kappa shape index (κ3) is 6.95. The number of allylic oxidation sites excluding steroid dienone is 1. The summed E-state index contributed by atoms with van der Waals surface area (Å²) in [4.78, 5) is 24.5. The molecule has 0 aliphatic heterocycles. The van der Waals surface area contributed by atoms with Crippen molar-refractivity contribution in [1.29, 1.82) is 0 Å². The number of rotatable bonds is 9. The molecule has 3 amide bonds. The summed E-state index contributed by atoms with van der Waals surface area (Å²) in [5.41, 5.74) is 3.77. The molecule has 2 N–H and O–H groups in total. The molecule has 3 rings (SSSR count). The van der Waals surface area contributed by atoms with Crippen LogP contribution in [0.1, 0.15) is 22.5 Å². The van der Waals surface area contributed by atoms with Gasteiger partial charge in [-0.15, -0.1) is 16.8 Å². The van der Waals surface area contributed by atoms with E-state index in [-0.39, 0.29) is 12.4 Å². The fraction of sp³-hybridized carbons (Fsp3) is 0.250. The number of hydrogen-bond donors (Lipinski definition) is 2. The SMILES string of the molecule is C=CCn1c(COc2cccc(C)c2)nnc1SCC(=O)NC(=O)Nc1ccc(C)cc1C. The van der Waals surface area contributed by atoms with Gasteiger partial charge in [0, 0.05) is 12.2 Å².